The maximum absolute atomic E-state index is 11.4. The molecule has 7 heteroatoms. The largest absolute Gasteiger partial charge is 0.229 e. The zero-order valence-corrected chi connectivity index (χ0v) is 12.1. The van der Waals surface area contributed by atoms with Crippen molar-refractivity contribution in [2.24, 2.45) is 0 Å². The van der Waals surface area contributed by atoms with Crippen LogP contribution in [0.3, 0.4) is 0 Å². The van der Waals surface area contributed by atoms with Crippen LogP contribution in [-0.4, -0.2) is 30.1 Å². The third kappa shape index (κ3) is 2.62. The molecule has 0 spiro atoms. The molecule has 0 aliphatic carbocycles. The molecule has 0 saturated carbocycles. The Morgan fingerprint density at radius 2 is 2.31 bits per heavy atom. The summed E-state index contributed by atoms with van der Waals surface area (Å²) in [7, 11) is -2.83. The molecule has 2 heterocycles. The van der Waals surface area contributed by atoms with E-state index in [0.29, 0.717) is 6.42 Å². The number of halogens is 1. The Hall–Kier alpha value is -0.0100. The number of nitrogens with zero attached hydrogens (tertiary/aromatic N) is 2. The van der Waals surface area contributed by atoms with Crippen LogP contribution in [0.15, 0.2) is 0 Å². The van der Waals surface area contributed by atoms with E-state index in [2.05, 4.69) is 33.1 Å². The van der Waals surface area contributed by atoms with Crippen LogP contribution < -0.4 is 0 Å². The Labute approximate surface area is 108 Å². The van der Waals surface area contributed by atoms with Gasteiger partial charge < -0.3 is 0 Å². The second-order valence-corrected chi connectivity index (χ2v) is 8.33. The molecule has 0 N–H and O–H groups in total. The molecule has 0 radical (unpaired) electrons. The van der Waals surface area contributed by atoms with Crippen molar-refractivity contribution in [2.75, 3.05) is 11.5 Å². The van der Waals surface area contributed by atoms with Gasteiger partial charge in [0.1, 0.15) is 10.0 Å². The van der Waals surface area contributed by atoms with E-state index in [-0.39, 0.29) is 22.3 Å². The van der Waals surface area contributed by atoms with Gasteiger partial charge in [-0.05, 0) is 12.8 Å². The van der Waals surface area contributed by atoms with Gasteiger partial charge in [-0.25, -0.2) is 8.42 Å². The first-order valence-electron chi connectivity index (χ1n) is 5.19. The van der Waals surface area contributed by atoms with Crippen LogP contribution in [0.4, 0.5) is 0 Å². The second kappa shape index (κ2) is 4.70. The molecule has 0 bridgehead atoms. The summed E-state index contributed by atoms with van der Waals surface area (Å²) in [5.74, 6) is 0.589. The monoisotopic (exact) mass is 324 g/mol. The summed E-state index contributed by atoms with van der Waals surface area (Å²) in [6.45, 7) is 2.07. The van der Waals surface area contributed by atoms with Crippen LogP contribution in [0, 0.1) is 0 Å². The number of sulfone groups is 1. The molecule has 90 valence electrons. The van der Waals surface area contributed by atoms with Gasteiger partial charge in [0.2, 0.25) is 0 Å². The highest BCUT2D eigenvalue weighted by Gasteiger charge is 2.31. The van der Waals surface area contributed by atoms with Crippen LogP contribution in [-0.2, 0) is 9.84 Å². The molecule has 2 atom stereocenters. The van der Waals surface area contributed by atoms with Gasteiger partial charge in [0.05, 0.1) is 16.3 Å². The van der Waals surface area contributed by atoms with Crippen LogP contribution >= 0.6 is 27.3 Å². The summed E-state index contributed by atoms with van der Waals surface area (Å²) < 4.78 is 22.7. The fraction of sp³-hybridized carbons (Fsp3) is 0.778. The molecule has 1 aliphatic heterocycles. The van der Waals surface area contributed by atoms with Gasteiger partial charge in [-0.1, -0.05) is 34.2 Å². The van der Waals surface area contributed by atoms with E-state index in [1.807, 2.05) is 0 Å². The molecule has 4 nitrogen and oxygen atoms in total. The Kier molecular flexibility index (Phi) is 3.65. The number of alkyl halides is 1. The van der Waals surface area contributed by atoms with Crippen molar-refractivity contribution in [3.8, 4) is 0 Å². The maximum Gasteiger partial charge on any atom is 0.151 e. The highest BCUT2D eigenvalue weighted by atomic mass is 79.9. The Bertz CT molecular complexity index is 472. The fourth-order valence-corrected chi connectivity index (χ4v) is 4.97. The predicted molar refractivity (Wildman–Crippen MR) is 67.9 cm³/mol. The minimum absolute atomic E-state index is 0.0628. The van der Waals surface area contributed by atoms with E-state index in [4.69, 9.17) is 0 Å². The standard InChI is InChI=1S/C9H13BrN2O2S2/c1-2-7(10)9-12-11-8(15-9)6-3-4-16(13,14)5-6/h6-7H,2-5H2,1H3. The van der Waals surface area contributed by atoms with Gasteiger partial charge in [-0.2, -0.15) is 0 Å². The SMILES string of the molecule is CCC(Br)c1nnc(C2CCS(=O)(=O)C2)s1. The number of hydrogen-bond acceptors (Lipinski definition) is 5. The van der Waals surface area contributed by atoms with E-state index in [0.717, 1.165) is 16.4 Å². The summed E-state index contributed by atoms with van der Waals surface area (Å²) in [6.07, 6.45) is 1.65. The van der Waals surface area contributed by atoms with Gasteiger partial charge in [-0.3, -0.25) is 0 Å². The van der Waals surface area contributed by atoms with Crippen molar-refractivity contribution < 1.29 is 8.42 Å². The summed E-state index contributed by atoms with van der Waals surface area (Å²) in [5, 5.41) is 10.0. The molecule has 2 rings (SSSR count). The van der Waals surface area contributed by atoms with E-state index < -0.39 is 9.84 Å². The number of hydrogen-bond donors (Lipinski definition) is 0. The summed E-state index contributed by atoms with van der Waals surface area (Å²) in [5.41, 5.74) is 0. The van der Waals surface area contributed by atoms with Gasteiger partial charge in [0.25, 0.3) is 0 Å². The van der Waals surface area contributed by atoms with Gasteiger partial charge in [-0.15, -0.1) is 10.2 Å². The summed E-state index contributed by atoms with van der Waals surface area (Å²) >= 11 is 5.05. The van der Waals surface area contributed by atoms with Crippen molar-refractivity contribution >= 4 is 37.1 Å². The molecule has 1 aromatic heterocycles. The lowest BCUT2D eigenvalue weighted by molar-refractivity contribution is 0.601. The molecule has 2 unspecified atom stereocenters. The average molecular weight is 325 g/mol. The first-order valence-corrected chi connectivity index (χ1v) is 8.75. The quantitative estimate of drug-likeness (QED) is 0.800. The lowest BCUT2D eigenvalue weighted by atomic mass is 10.1. The lowest BCUT2D eigenvalue weighted by Gasteiger charge is -2.01. The molecule has 1 saturated heterocycles. The zero-order chi connectivity index (χ0) is 11.8. The first-order chi connectivity index (χ1) is 7.52. The van der Waals surface area contributed by atoms with Gasteiger partial charge in [0, 0.05) is 5.92 Å². The van der Waals surface area contributed by atoms with Gasteiger partial charge in [0.15, 0.2) is 9.84 Å². The third-order valence-electron chi connectivity index (χ3n) is 2.66. The van der Waals surface area contributed by atoms with Crippen molar-refractivity contribution in [1.82, 2.24) is 10.2 Å². The molecule has 1 aromatic rings. The Morgan fingerprint density at radius 1 is 1.56 bits per heavy atom. The summed E-state index contributed by atoms with van der Waals surface area (Å²) in [6, 6.07) is 0. The maximum atomic E-state index is 11.4. The van der Waals surface area contributed by atoms with Crippen molar-refractivity contribution in [2.45, 2.75) is 30.5 Å². The Balaban J connectivity index is 2.14. The second-order valence-electron chi connectivity index (χ2n) is 3.95. The van der Waals surface area contributed by atoms with E-state index >= 15 is 0 Å². The fourth-order valence-electron chi connectivity index (χ4n) is 1.70. The smallest absolute Gasteiger partial charge is 0.151 e. The van der Waals surface area contributed by atoms with Crippen molar-refractivity contribution in [3.63, 3.8) is 0 Å². The topological polar surface area (TPSA) is 59.9 Å². The predicted octanol–water partition coefficient (Wildman–Crippen LogP) is 2.29. The number of rotatable bonds is 3. The molecule has 0 amide bonds. The van der Waals surface area contributed by atoms with Crippen molar-refractivity contribution in [1.29, 1.82) is 0 Å². The highest BCUT2D eigenvalue weighted by molar-refractivity contribution is 9.09. The average Bonchev–Trinajstić information content (AvgIpc) is 2.83. The molecule has 0 aromatic carbocycles. The first kappa shape index (κ1) is 12.4. The molecule has 1 aliphatic rings. The van der Waals surface area contributed by atoms with Gasteiger partial charge >= 0.3 is 0 Å². The van der Waals surface area contributed by atoms with E-state index in [1.165, 1.54) is 11.3 Å². The zero-order valence-electron chi connectivity index (χ0n) is 8.89. The van der Waals surface area contributed by atoms with E-state index in [9.17, 15) is 8.42 Å². The lowest BCUT2D eigenvalue weighted by Crippen LogP contribution is -2.03. The Morgan fingerprint density at radius 3 is 2.88 bits per heavy atom. The van der Waals surface area contributed by atoms with Crippen LogP contribution in [0.5, 0.6) is 0 Å². The highest BCUT2D eigenvalue weighted by Crippen LogP contribution is 2.35. The van der Waals surface area contributed by atoms with Crippen molar-refractivity contribution in [3.05, 3.63) is 10.0 Å². The van der Waals surface area contributed by atoms with Crippen LogP contribution in [0.25, 0.3) is 0 Å². The molecule has 16 heavy (non-hydrogen) atoms. The molecular formula is C9H13BrN2O2S2. The molecule has 1 fully saturated rings. The summed E-state index contributed by atoms with van der Waals surface area (Å²) in [4.78, 5) is 0.233. The van der Waals surface area contributed by atoms with E-state index in [1.54, 1.807) is 0 Å². The van der Waals surface area contributed by atoms with Crippen LogP contribution in [0.2, 0.25) is 0 Å². The minimum Gasteiger partial charge on any atom is -0.229 e. The van der Waals surface area contributed by atoms with Crippen LogP contribution in [0.1, 0.15) is 40.5 Å². The normalized spacial score (nSPS) is 25.8. The molecular weight excluding hydrogens is 312 g/mol. The number of aromatic nitrogens is 2. The third-order valence-corrected chi connectivity index (χ3v) is 7.02. The minimum atomic E-state index is -2.83.